The molecule has 0 saturated carbocycles. The number of rotatable bonds is 4. The molecular formula is C10H10ClN3O3S. The van der Waals surface area contributed by atoms with Gasteiger partial charge in [0, 0.05) is 0 Å². The Hall–Kier alpha value is -1.60. The van der Waals surface area contributed by atoms with Gasteiger partial charge >= 0.3 is 5.82 Å². The predicted octanol–water partition coefficient (Wildman–Crippen LogP) is 2.93. The monoisotopic (exact) mass is 287 g/mol. The van der Waals surface area contributed by atoms with E-state index in [1.54, 1.807) is 7.05 Å². The van der Waals surface area contributed by atoms with Crippen molar-refractivity contribution in [1.82, 2.24) is 9.55 Å². The van der Waals surface area contributed by atoms with Crippen LogP contribution in [0, 0.1) is 17.0 Å². The molecule has 0 spiro atoms. The summed E-state index contributed by atoms with van der Waals surface area (Å²) in [5, 5.41) is 13.7. The van der Waals surface area contributed by atoms with Crippen molar-refractivity contribution in [2.45, 2.75) is 13.5 Å². The van der Waals surface area contributed by atoms with Crippen LogP contribution in [0.5, 0.6) is 5.06 Å². The molecule has 0 N–H and O–H groups in total. The number of thiophene rings is 1. The topological polar surface area (TPSA) is 70.2 Å². The number of nitrogens with zero attached hydrogens (tertiary/aromatic N) is 3. The Morgan fingerprint density at radius 3 is 2.89 bits per heavy atom. The zero-order valence-corrected chi connectivity index (χ0v) is 11.3. The molecule has 18 heavy (non-hydrogen) atoms. The Labute approximate surface area is 112 Å². The van der Waals surface area contributed by atoms with Gasteiger partial charge in [-0.25, -0.2) is 9.55 Å². The quantitative estimate of drug-likeness (QED) is 0.640. The van der Waals surface area contributed by atoms with Gasteiger partial charge in [0.25, 0.3) is 0 Å². The molecule has 0 radical (unpaired) electrons. The number of aryl methyl sites for hydroxylation is 1. The van der Waals surface area contributed by atoms with Crippen molar-refractivity contribution < 1.29 is 9.66 Å². The second-order valence-corrected chi connectivity index (χ2v) is 4.88. The third kappa shape index (κ3) is 2.32. The fourth-order valence-corrected chi connectivity index (χ4v) is 2.48. The van der Waals surface area contributed by atoms with Crippen LogP contribution in [0.1, 0.15) is 11.4 Å². The van der Waals surface area contributed by atoms with Crippen LogP contribution in [0.2, 0.25) is 5.02 Å². The number of imidazole rings is 1. The van der Waals surface area contributed by atoms with E-state index in [0.717, 1.165) is 5.56 Å². The summed E-state index contributed by atoms with van der Waals surface area (Å²) in [4.78, 5) is 14.1. The van der Waals surface area contributed by atoms with Gasteiger partial charge in [0.2, 0.25) is 5.82 Å². The highest BCUT2D eigenvalue weighted by atomic mass is 35.5. The lowest BCUT2D eigenvalue weighted by molar-refractivity contribution is -0.391. The highest BCUT2D eigenvalue weighted by Gasteiger charge is 2.17. The molecule has 0 atom stereocenters. The van der Waals surface area contributed by atoms with Gasteiger partial charge in [-0.15, -0.1) is 11.3 Å². The lowest BCUT2D eigenvalue weighted by Gasteiger charge is -2.02. The average molecular weight is 288 g/mol. The van der Waals surface area contributed by atoms with Crippen LogP contribution in [0.15, 0.2) is 11.6 Å². The Kier molecular flexibility index (Phi) is 3.53. The zero-order chi connectivity index (χ0) is 13.3. The summed E-state index contributed by atoms with van der Waals surface area (Å²) in [5.74, 6) is 0.408. The second-order valence-electron chi connectivity index (χ2n) is 3.66. The van der Waals surface area contributed by atoms with E-state index in [0.29, 0.717) is 15.9 Å². The normalized spacial score (nSPS) is 10.6. The highest BCUT2D eigenvalue weighted by molar-refractivity contribution is 7.12. The fourth-order valence-electron chi connectivity index (χ4n) is 1.38. The summed E-state index contributed by atoms with van der Waals surface area (Å²) in [6.45, 7) is 2.03. The van der Waals surface area contributed by atoms with Gasteiger partial charge in [0.1, 0.15) is 6.20 Å². The smallest absolute Gasteiger partial charge is 0.342 e. The molecule has 0 aliphatic carbocycles. The minimum absolute atomic E-state index is 0.0675. The summed E-state index contributed by atoms with van der Waals surface area (Å²) < 4.78 is 6.88. The largest absolute Gasteiger partial charge is 0.472 e. The maximum atomic E-state index is 10.7. The van der Waals surface area contributed by atoms with Crippen molar-refractivity contribution in [3.63, 3.8) is 0 Å². The molecule has 8 heteroatoms. The molecule has 0 fully saturated rings. The first-order valence-corrected chi connectivity index (χ1v) is 6.28. The van der Waals surface area contributed by atoms with Crippen molar-refractivity contribution in [2.24, 2.45) is 7.05 Å². The van der Waals surface area contributed by atoms with Gasteiger partial charge in [-0.3, -0.25) is 0 Å². The van der Waals surface area contributed by atoms with Gasteiger partial charge in [0.15, 0.2) is 11.7 Å². The van der Waals surface area contributed by atoms with Gasteiger partial charge in [-0.1, -0.05) is 11.6 Å². The molecule has 0 amide bonds. The molecule has 0 aliphatic rings. The van der Waals surface area contributed by atoms with Gasteiger partial charge in [0.05, 0.1) is 12.1 Å². The Morgan fingerprint density at radius 1 is 1.67 bits per heavy atom. The van der Waals surface area contributed by atoms with Crippen molar-refractivity contribution in [3.05, 3.63) is 38.1 Å². The highest BCUT2D eigenvalue weighted by Crippen LogP contribution is 2.35. The molecule has 96 valence electrons. The first-order valence-electron chi connectivity index (χ1n) is 5.02. The zero-order valence-electron chi connectivity index (χ0n) is 9.71. The van der Waals surface area contributed by atoms with E-state index < -0.39 is 4.92 Å². The Bertz CT molecular complexity index is 593. The standard InChI is InChI=1S/C10H10ClN3O3S/c1-6-5-18-10(9(6)11)17-4-7-12-3-8(13(7)2)14(15)16/h3,5H,4H2,1-2H3. The number of ether oxygens (including phenoxy) is 1. The molecular weight excluding hydrogens is 278 g/mol. The van der Waals surface area contributed by atoms with E-state index in [9.17, 15) is 10.1 Å². The minimum Gasteiger partial charge on any atom is -0.472 e. The van der Waals surface area contributed by atoms with Crippen LogP contribution >= 0.6 is 22.9 Å². The van der Waals surface area contributed by atoms with Crippen LogP contribution < -0.4 is 4.74 Å². The molecule has 2 aromatic rings. The average Bonchev–Trinajstić information content (AvgIpc) is 2.83. The molecule has 0 aromatic carbocycles. The summed E-state index contributed by atoms with van der Waals surface area (Å²) in [7, 11) is 1.57. The summed E-state index contributed by atoms with van der Waals surface area (Å²) in [6.07, 6.45) is 1.21. The second kappa shape index (κ2) is 4.95. The predicted molar refractivity (Wildman–Crippen MR) is 68.3 cm³/mol. The molecule has 0 unspecified atom stereocenters. The molecule has 2 aromatic heterocycles. The van der Waals surface area contributed by atoms with Crippen molar-refractivity contribution in [1.29, 1.82) is 0 Å². The van der Waals surface area contributed by atoms with Gasteiger partial charge in [-0.2, -0.15) is 0 Å². The van der Waals surface area contributed by atoms with Crippen LogP contribution in [0.25, 0.3) is 0 Å². The first kappa shape index (κ1) is 12.8. The summed E-state index contributed by atoms with van der Waals surface area (Å²) in [6, 6.07) is 0. The Morgan fingerprint density at radius 2 is 2.39 bits per heavy atom. The maximum Gasteiger partial charge on any atom is 0.342 e. The van der Waals surface area contributed by atoms with E-state index in [-0.39, 0.29) is 12.4 Å². The van der Waals surface area contributed by atoms with Crippen molar-refractivity contribution in [3.8, 4) is 5.06 Å². The third-order valence-electron chi connectivity index (χ3n) is 2.45. The molecule has 6 nitrogen and oxygen atoms in total. The first-order chi connectivity index (χ1) is 8.50. The number of halogens is 1. The van der Waals surface area contributed by atoms with E-state index >= 15 is 0 Å². The van der Waals surface area contributed by atoms with Crippen molar-refractivity contribution in [2.75, 3.05) is 0 Å². The van der Waals surface area contributed by atoms with Crippen LogP contribution in [0.3, 0.4) is 0 Å². The molecule has 2 heterocycles. The number of aromatic nitrogens is 2. The van der Waals surface area contributed by atoms with Crippen molar-refractivity contribution >= 4 is 28.8 Å². The minimum atomic E-state index is -0.487. The number of hydrogen-bond donors (Lipinski definition) is 0. The van der Waals surface area contributed by atoms with E-state index in [1.807, 2.05) is 12.3 Å². The number of hydrogen-bond acceptors (Lipinski definition) is 5. The lowest BCUT2D eigenvalue weighted by atomic mass is 10.4. The van der Waals surface area contributed by atoms with Crippen LogP contribution in [0.4, 0.5) is 5.82 Å². The van der Waals surface area contributed by atoms with E-state index in [4.69, 9.17) is 16.3 Å². The molecule has 0 saturated heterocycles. The lowest BCUT2D eigenvalue weighted by Crippen LogP contribution is -2.05. The molecule has 2 rings (SSSR count). The van der Waals surface area contributed by atoms with Crippen LogP contribution in [-0.4, -0.2) is 14.5 Å². The third-order valence-corrected chi connectivity index (χ3v) is 4.04. The summed E-state index contributed by atoms with van der Waals surface area (Å²) in [5.41, 5.74) is 0.947. The molecule has 0 bridgehead atoms. The maximum absolute atomic E-state index is 10.7. The number of nitro groups is 1. The van der Waals surface area contributed by atoms with E-state index in [1.165, 1.54) is 22.1 Å². The van der Waals surface area contributed by atoms with Gasteiger partial charge in [-0.05, 0) is 22.8 Å². The van der Waals surface area contributed by atoms with E-state index in [2.05, 4.69) is 4.98 Å². The summed E-state index contributed by atoms with van der Waals surface area (Å²) >= 11 is 7.41. The molecule has 0 aliphatic heterocycles. The SMILES string of the molecule is Cc1csc(OCc2ncc([N+](=O)[O-])n2C)c1Cl. The Balaban J connectivity index is 2.11. The van der Waals surface area contributed by atoms with Crippen LogP contribution in [-0.2, 0) is 13.7 Å². The fraction of sp³-hybridized carbons (Fsp3) is 0.300. The van der Waals surface area contributed by atoms with Gasteiger partial charge < -0.3 is 14.9 Å².